The first kappa shape index (κ1) is 11.7. The van der Waals surface area contributed by atoms with Crippen LogP contribution in [0, 0.1) is 11.8 Å². The lowest BCUT2D eigenvalue weighted by Gasteiger charge is -2.16. The molecule has 96 valence electrons. The summed E-state index contributed by atoms with van der Waals surface area (Å²) in [5.74, 6) is 1.15. The molecular formula is C15H20N2O. The molecule has 2 aliphatic rings. The van der Waals surface area contributed by atoms with Crippen LogP contribution in [0.5, 0.6) is 0 Å². The number of nitrogens with two attached hydrogens (primary N) is 1. The van der Waals surface area contributed by atoms with Gasteiger partial charge in [-0.1, -0.05) is 31.2 Å². The summed E-state index contributed by atoms with van der Waals surface area (Å²) in [7, 11) is 0. The fourth-order valence-corrected chi connectivity index (χ4v) is 3.08. The molecule has 2 aliphatic carbocycles. The van der Waals surface area contributed by atoms with Gasteiger partial charge in [-0.25, -0.2) is 0 Å². The molecule has 0 saturated heterocycles. The monoisotopic (exact) mass is 244 g/mol. The molecule has 5 unspecified atom stereocenters. The zero-order valence-electron chi connectivity index (χ0n) is 10.9. The molecule has 1 aromatic carbocycles. The van der Waals surface area contributed by atoms with E-state index in [1.54, 1.807) is 0 Å². The Morgan fingerprint density at radius 1 is 1.39 bits per heavy atom. The number of benzene rings is 1. The van der Waals surface area contributed by atoms with Crippen molar-refractivity contribution in [1.82, 2.24) is 5.32 Å². The molecule has 0 aliphatic heterocycles. The van der Waals surface area contributed by atoms with Gasteiger partial charge >= 0.3 is 0 Å². The SMILES string of the molecule is CC(N)C(C)C(=O)NC1C2Cc3ccccc3C21. The lowest BCUT2D eigenvalue weighted by atomic mass is 10.0. The van der Waals surface area contributed by atoms with Crippen LogP contribution in [0.3, 0.4) is 0 Å². The van der Waals surface area contributed by atoms with Crippen LogP contribution in [0.15, 0.2) is 24.3 Å². The fraction of sp³-hybridized carbons (Fsp3) is 0.533. The molecule has 1 aromatic rings. The van der Waals surface area contributed by atoms with Crippen LogP contribution >= 0.6 is 0 Å². The Bertz CT molecular complexity index is 483. The van der Waals surface area contributed by atoms with Crippen molar-refractivity contribution in [2.75, 3.05) is 0 Å². The fourth-order valence-electron chi connectivity index (χ4n) is 3.08. The molecule has 3 heteroatoms. The molecule has 0 radical (unpaired) electrons. The zero-order chi connectivity index (χ0) is 12.9. The lowest BCUT2D eigenvalue weighted by molar-refractivity contribution is -0.125. The highest BCUT2D eigenvalue weighted by atomic mass is 16.2. The van der Waals surface area contributed by atoms with E-state index >= 15 is 0 Å². The average Bonchev–Trinajstić information content (AvgIpc) is 2.86. The predicted molar refractivity (Wildman–Crippen MR) is 71.1 cm³/mol. The average molecular weight is 244 g/mol. The first-order valence-electron chi connectivity index (χ1n) is 6.73. The van der Waals surface area contributed by atoms with Crippen LogP contribution in [-0.2, 0) is 11.2 Å². The first-order valence-corrected chi connectivity index (χ1v) is 6.73. The topological polar surface area (TPSA) is 55.1 Å². The summed E-state index contributed by atoms with van der Waals surface area (Å²) in [5.41, 5.74) is 8.65. The Labute approximate surface area is 108 Å². The van der Waals surface area contributed by atoms with E-state index in [1.165, 1.54) is 11.1 Å². The van der Waals surface area contributed by atoms with E-state index in [4.69, 9.17) is 5.73 Å². The highest BCUT2D eigenvalue weighted by Crippen LogP contribution is 2.56. The highest BCUT2D eigenvalue weighted by Gasteiger charge is 2.56. The second-order valence-corrected chi connectivity index (χ2v) is 5.77. The molecule has 3 N–H and O–H groups in total. The molecule has 0 heterocycles. The van der Waals surface area contributed by atoms with Crippen LogP contribution in [-0.4, -0.2) is 18.0 Å². The summed E-state index contributed by atoms with van der Waals surface area (Å²) >= 11 is 0. The summed E-state index contributed by atoms with van der Waals surface area (Å²) in [6.45, 7) is 3.78. The quantitative estimate of drug-likeness (QED) is 0.845. The van der Waals surface area contributed by atoms with Gasteiger partial charge in [-0.15, -0.1) is 0 Å². The van der Waals surface area contributed by atoms with Crippen molar-refractivity contribution < 1.29 is 4.79 Å². The van der Waals surface area contributed by atoms with Gasteiger partial charge < -0.3 is 11.1 Å². The predicted octanol–water partition coefficient (Wildman–Crippen LogP) is 1.42. The Morgan fingerprint density at radius 2 is 2.11 bits per heavy atom. The van der Waals surface area contributed by atoms with E-state index in [0.717, 1.165) is 6.42 Å². The largest absolute Gasteiger partial charge is 0.352 e. The van der Waals surface area contributed by atoms with Gasteiger partial charge in [-0.05, 0) is 30.4 Å². The third-order valence-electron chi connectivity index (χ3n) is 4.55. The van der Waals surface area contributed by atoms with Gasteiger partial charge in [-0.2, -0.15) is 0 Å². The molecule has 1 saturated carbocycles. The number of hydrogen-bond acceptors (Lipinski definition) is 2. The van der Waals surface area contributed by atoms with E-state index in [2.05, 4.69) is 29.6 Å². The molecule has 0 bridgehead atoms. The minimum Gasteiger partial charge on any atom is -0.352 e. The van der Waals surface area contributed by atoms with Crippen molar-refractivity contribution >= 4 is 5.91 Å². The molecule has 5 atom stereocenters. The number of nitrogens with one attached hydrogen (secondary N) is 1. The molecule has 18 heavy (non-hydrogen) atoms. The summed E-state index contributed by atoms with van der Waals surface area (Å²) < 4.78 is 0. The molecule has 0 aromatic heterocycles. The van der Waals surface area contributed by atoms with Gasteiger partial charge in [-0.3, -0.25) is 4.79 Å². The Balaban J connectivity index is 1.65. The first-order chi connectivity index (χ1) is 8.59. The van der Waals surface area contributed by atoms with Gasteiger partial charge in [0.15, 0.2) is 0 Å². The summed E-state index contributed by atoms with van der Waals surface area (Å²) in [4.78, 5) is 12.0. The van der Waals surface area contributed by atoms with Gasteiger partial charge in [0, 0.05) is 23.9 Å². The third-order valence-corrected chi connectivity index (χ3v) is 4.55. The Morgan fingerprint density at radius 3 is 2.83 bits per heavy atom. The van der Waals surface area contributed by atoms with Crippen LogP contribution < -0.4 is 11.1 Å². The molecule has 3 nitrogen and oxygen atoms in total. The van der Waals surface area contributed by atoms with Gasteiger partial charge in [0.1, 0.15) is 0 Å². The minimum atomic E-state index is -0.110. The maximum atomic E-state index is 12.0. The molecule has 0 spiro atoms. The van der Waals surface area contributed by atoms with E-state index < -0.39 is 0 Å². The number of carbonyl (C=O) groups excluding carboxylic acids is 1. The Hall–Kier alpha value is -1.35. The summed E-state index contributed by atoms with van der Waals surface area (Å²) in [6.07, 6.45) is 1.11. The van der Waals surface area contributed by atoms with Crippen molar-refractivity contribution in [2.45, 2.75) is 38.3 Å². The highest BCUT2D eigenvalue weighted by molar-refractivity contribution is 5.80. The van der Waals surface area contributed by atoms with Crippen molar-refractivity contribution in [3.05, 3.63) is 35.4 Å². The van der Waals surface area contributed by atoms with Crippen molar-refractivity contribution in [3.8, 4) is 0 Å². The van der Waals surface area contributed by atoms with E-state index in [9.17, 15) is 4.79 Å². The van der Waals surface area contributed by atoms with Crippen molar-refractivity contribution in [3.63, 3.8) is 0 Å². The lowest BCUT2D eigenvalue weighted by Crippen LogP contribution is -2.40. The second-order valence-electron chi connectivity index (χ2n) is 5.77. The molecule has 1 fully saturated rings. The van der Waals surface area contributed by atoms with Crippen molar-refractivity contribution in [1.29, 1.82) is 0 Å². The van der Waals surface area contributed by atoms with Crippen LogP contribution in [0.2, 0.25) is 0 Å². The second kappa shape index (κ2) is 4.09. The van der Waals surface area contributed by atoms with Gasteiger partial charge in [0.25, 0.3) is 0 Å². The maximum absolute atomic E-state index is 12.0. The summed E-state index contributed by atoms with van der Waals surface area (Å²) in [6, 6.07) is 8.83. The van der Waals surface area contributed by atoms with Crippen LogP contribution in [0.1, 0.15) is 30.9 Å². The smallest absolute Gasteiger partial charge is 0.224 e. The van der Waals surface area contributed by atoms with Crippen molar-refractivity contribution in [2.24, 2.45) is 17.6 Å². The van der Waals surface area contributed by atoms with E-state index in [-0.39, 0.29) is 17.9 Å². The number of carbonyl (C=O) groups is 1. The number of hydrogen-bond donors (Lipinski definition) is 2. The zero-order valence-corrected chi connectivity index (χ0v) is 10.9. The molecule has 3 rings (SSSR count). The van der Waals surface area contributed by atoms with Crippen LogP contribution in [0.4, 0.5) is 0 Å². The number of amides is 1. The molecular weight excluding hydrogens is 224 g/mol. The minimum absolute atomic E-state index is 0.0872. The Kier molecular flexibility index (Phi) is 2.67. The normalized spacial score (nSPS) is 31.2. The standard InChI is InChI=1S/C15H20N2O/c1-8(9(2)16)15(18)17-14-12-7-10-5-3-4-6-11(10)13(12)14/h3-6,8-9,12-14H,7,16H2,1-2H3,(H,17,18). The summed E-state index contributed by atoms with van der Waals surface area (Å²) in [5, 5.41) is 3.16. The van der Waals surface area contributed by atoms with E-state index in [0.29, 0.717) is 17.9 Å². The number of fused-ring (bicyclic) bond motifs is 3. The molecule has 1 amide bonds. The van der Waals surface area contributed by atoms with E-state index in [1.807, 2.05) is 13.8 Å². The maximum Gasteiger partial charge on any atom is 0.224 e. The number of rotatable bonds is 3. The van der Waals surface area contributed by atoms with Gasteiger partial charge in [0.05, 0.1) is 0 Å². The van der Waals surface area contributed by atoms with Gasteiger partial charge in [0.2, 0.25) is 5.91 Å². The third kappa shape index (κ3) is 1.74. The van der Waals surface area contributed by atoms with Crippen LogP contribution in [0.25, 0.3) is 0 Å².